The normalized spacial score (nSPS) is 18.5. The van der Waals surface area contributed by atoms with E-state index >= 15 is 0 Å². The molecule has 0 spiro atoms. The van der Waals surface area contributed by atoms with Gasteiger partial charge < -0.3 is 10.6 Å². The van der Waals surface area contributed by atoms with Crippen molar-refractivity contribution in [2.45, 2.75) is 31.7 Å². The predicted octanol–water partition coefficient (Wildman–Crippen LogP) is 1.18. The van der Waals surface area contributed by atoms with Gasteiger partial charge in [-0.1, -0.05) is 6.07 Å². The molecule has 1 aliphatic rings. The van der Waals surface area contributed by atoms with Gasteiger partial charge in [0.2, 0.25) is 5.91 Å². The number of rotatable bonds is 4. The van der Waals surface area contributed by atoms with E-state index < -0.39 is 0 Å². The molecule has 1 aromatic heterocycles. The van der Waals surface area contributed by atoms with Gasteiger partial charge in [0.1, 0.15) is 0 Å². The molecule has 4 nitrogen and oxygen atoms in total. The van der Waals surface area contributed by atoms with Crippen LogP contribution in [0.2, 0.25) is 0 Å². The number of nitrogens with zero attached hydrogens (tertiary/aromatic N) is 1. The number of fused-ring (bicyclic) bond motifs is 1. The van der Waals surface area contributed by atoms with Crippen molar-refractivity contribution in [2.75, 3.05) is 13.6 Å². The number of hydrogen-bond donors (Lipinski definition) is 2. The third-order valence-electron chi connectivity index (χ3n) is 3.22. The molecular formula is C13H19N3O. The van der Waals surface area contributed by atoms with Crippen molar-refractivity contribution < 1.29 is 4.79 Å². The molecular weight excluding hydrogens is 214 g/mol. The van der Waals surface area contributed by atoms with Crippen LogP contribution < -0.4 is 10.6 Å². The summed E-state index contributed by atoms with van der Waals surface area (Å²) in [4.78, 5) is 15.6. The first-order valence-electron chi connectivity index (χ1n) is 6.19. The van der Waals surface area contributed by atoms with E-state index in [9.17, 15) is 4.79 Å². The summed E-state index contributed by atoms with van der Waals surface area (Å²) >= 11 is 0. The topological polar surface area (TPSA) is 54.0 Å². The number of carbonyl (C=O) groups excluding carboxylic acids is 1. The zero-order chi connectivity index (χ0) is 12.1. The van der Waals surface area contributed by atoms with Crippen molar-refractivity contribution in [1.29, 1.82) is 0 Å². The summed E-state index contributed by atoms with van der Waals surface area (Å²) in [6.45, 7) is 0.709. The zero-order valence-electron chi connectivity index (χ0n) is 10.2. The fraction of sp³-hybridized carbons (Fsp3) is 0.538. The number of carbonyl (C=O) groups is 1. The molecule has 17 heavy (non-hydrogen) atoms. The second-order valence-electron chi connectivity index (χ2n) is 4.37. The molecule has 2 N–H and O–H groups in total. The molecule has 1 aromatic rings. The Hall–Kier alpha value is -1.42. The summed E-state index contributed by atoms with van der Waals surface area (Å²) < 4.78 is 0. The Balaban J connectivity index is 1.92. The third kappa shape index (κ3) is 3.03. The molecule has 1 amide bonds. The van der Waals surface area contributed by atoms with Crippen molar-refractivity contribution in [3.8, 4) is 0 Å². The molecule has 1 unspecified atom stereocenters. The van der Waals surface area contributed by atoms with Crippen LogP contribution in [0.4, 0.5) is 0 Å². The second-order valence-corrected chi connectivity index (χ2v) is 4.37. The molecule has 4 heteroatoms. The smallest absolute Gasteiger partial charge is 0.221 e. The molecule has 0 saturated carbocycles. The van der Waals surface area contributed by atoms with Crippen LogP contribution in [-0.2, 0) is 11.2 Å². The van der Waals surface area contributed by atoms with E-state index in [1.807, 2.05) is 12.3 Å². The van der Waals surface area contributed by atoms with Gasteiger partial charge in [0.05, 0.1) is 5.69 Å². The molecule has 0 bridgehead atoms. The molecule has 1 aliphatic carbocycles. The van der Waals surface area contributed by atoms with Gasteiger partial charge in [0.15, 0.2) is 0 Å². The van der Waals surface area contributed by atoms with Crippen LogP contribution >= 0.6 is 0 Å². The maximum Gasteiger partial charge on any atom is 0.221 e. The van der Waals surface area contributed by atoms with Gasteiger partial charge in [-0.3, -0.25) is 9.78 Å². The molecule has 0 aromatic carbocycles. The number of hydrogen-bond acceptors (Lipinski definition) is 3. The molecule has 92 valence electrons. The molecule has 1 heterocycles. The molecule has 2 rings (SSSR count). The molecule has 0 radical (unpaired) electrons. The van der Waals surface area contributed by atoms with Gasteiger partial charge in [-0.15, -0.1) is 0 Å². The van der Waals surface area contributed by atoms with Crippen LogP contribution in [0, 0.1) is 0 Å². The number of amides is 1. The van der Waals surface area contributed by atoms with Gasteiger partial charge in [-0.2, -0.15) is 0 Å². The summed E-state index contributed by atoms with van der Waals surface area (Å²) in [5, 5.41) is 6.05. The summed E-state index contributed by atoms with van der Waals surface area (Å²) in [6, 6.07) is 4.45. The fourth-order valence-electron chi connectivity index (χ4n) is 2.29. The van der Waals surface area contributed by atoms with Crippen LogP contribution in [0.15, 0.2) is 18.3 Å². The number of pyridine rings is 1. The minimum atomic E-state index is 0.0783. The predicted molar refractivity (Wildman–Crippen MR) is 66.6 cm³/mol. The maximum atomic E-state index is 11.1. The van der Waals surface area contributed by atoms with Gasteiger partial charge in [0.25, 0.3) is 0 Å². The summed E-state index contributed by atoms with van der Waals surface area (Å²) in [6.07, 6.45) is 5.79. The minimum Gasteiger partial charge on any atom is -0.359 e. The van der Waals surface area contributed by atoms with E-state index in [0.29, 0.717) is 19.0 Å². The maximum absolute atomic E-state index is 11.1. The molecule has 0 aliphatic heterocycles. The Morgan fingerprint density at radius 2 is 2.47 bits per heavy atom. The second kappa shape index (κ2) is 5.77. The number of aromatic nitrogens is 1. The van der Waals surface area contributed by atoms with E-state index in [1.165, 1.54) is 12.0 Å². The largest absolute Gasteiger partial charge is 0.359 e. The van der Waals surface area contributed by atoms with Crippen molar-refractivity contribution in [3.05, 3.63) is 29.6 Å². The standard InChI is InChI=1S/C13H19N3O/c1-14-12(17)7-9-15-11-6-2-4-10-5-3-8-16-13(10)11/h3,5,8,11,15H,2,4,6-7,9H2,1H3,(H,14,17). The monoisotopic (exact) mass is 233 g/mol. The lowest BCUT2D eigenvalue weighted by Gasteiger charge is -2.25. The molecule has 1 atom stereocenters. The Labute approximate surface area is 102 Å². The van der Waals surface area contributed by atoms with E-state index in [-0.39, 0.29) is 5.91 Å². The summed E-state index contributed by atoms with van der Waals surface area (Å²) in [5.74, 6) is 0.0783. The van der Waals surface area contributed by atoms with Gasteiger partial charge in [-0.25, -0.2) is 0 Å². The Morgan fingerprint density at radius 1 is 1.59 bits per heavy atom. The highest BCUT2D eigenvalue weighted by Gasteiger charge is 2.20. The summed E-state index contributed by atoms with van der Waals surface area (Å²) in [5.41, 5.74) is 2.51. The quantitative estimate of drug-likeness (QED) is 0.821. The Kier molecular flexibility index (Phi) is 4.09. The lowest BCUT2D eigenvalue weighted by molar-refractivity contribution is -0.120. The van der Waals surface area contributed by atoms with Crippen LogP contribution in [0.1, 0.15) is 36.6 Å². The van der Waals surface area contributed by atoms with Crippen LogP contribution in [-0.4, -0.2) is 24.5 Å². The van der Waals surface area contributed by atoms with Crippen molar-refractivity contribution in [1.82, 2.24) is 15.6 Å². The SMILES string of the molecule is CNC(=O)CCNC1CCCc2cccnc21. The highest BCUT2D eigenvalue weighted by atomic mass is 16.1. The van der Waals surface area contributed by atoms with Crippen molar-refractivity contribution >= 4 is 5.91 Å². The first-order valence-corrected chi connectivity index (χ1v) is 6.19. The van der Waals surface area contributed by atoms with Crippen LogP contribution in [0.5, 0.6) is 0 Å². The highest BCUT2D eigenvalue weighted by Crippen LogP contribution is 2.27. The average Bonchev–Trinajstić information content (AvgIpc) is 2.39. The van der Waals surface area contributed by atoms with E-state index in [1.54, 1.807) is 7.05 Å². The van der Waals surface area contributed by atoms with Crippen molar-refractivity contribution in [3.63, 3.8) is 0 Å². The lowest BCUT2D eigenvalue weighted by atomic mass is 9.92. The van der Waals surface area contributed by atoms with E-state index in [2.05, 4.69) is 21.7 Å². The Bertz CT molecular complexity index is 392. The highest BCUT2D eigenvalue weighted by molar-refractivity contribution is 5.75. The van der Waals surface area contributed by atoms with Crippen LogP contribution in [0.3, 0.4) is 0 Å². The van der Waals surface area contributed by atoms with E-state index in [0.717, 1.165) is 18.5 Å². The first-order chi connectivity index (χ1) is 8.31. The van der Waals surface area contributed by atoms with Gasteiger partial charge >= 0.3 is 0 Å². The van der Waals surface area contributed by atoms with Crippen molar-refractivity contribution in [2.24, 2.45) is 0 Å². The van der Waals surface area contributed by atoms with Gasteiger partial charge in [-0.05, 0) is 30.9 Å². The molecule has 0 saturated heterocycles. The number of aryl methyl sites for hydroxylation is 1. The lowest BCUT2D eigenvalue weighted by Crippen LogP contribution is -2.30. The van der Waals surface area contributed by atoms with E-state index in [4.69, 9.17) is 0 Å². The zero-order valence-corrected chi connectivity index (χ0v) is 10.2. The fourth-order valence-corrected chi connectivity index (χ4v) is 2.29. The first kappa shape index (κ1) is 12.0. The minimum absolute atomic E-state index is 0.0783. The summed E-state index contributed by atoms with van der Waals surface area (Å²) in [7, 11) is 1.67. The average molecular weight is 233 g/mol. The van der Waals surface area contributed by atoms with Gasteiger partial charge in [0, 0.05) is 32.3 Å². The van der Waals surface area contributed by atoms with Crippen LogP contribution in [0.25, 0.3) is 0 Å². The third-order valence-corrected chi connectivity index (χ3v) is 3.22. The molecule has 0 fully saturated rings. The number of nitrogens with one attached hydrogen (secondary N) is 2. The Morgan fingerprint density at radius 3 is 3.29 bits per heavy atom.